The highest BCUT2D eigenvalue weighted by molar-refractivity contribution is 7.20. The second-order valence-electron chi connectivity index (χ2n) is 13.1. The zero-order valence-corrected chi connectivity index (χ0v) is 30.1. The Kier molecular flexibility index (Phi) is 14.3. The van der Waals surface area contributed by atoms with Gasteiger partial charge in [0.05, 0.1) is 22.9 Å². The van der Waals surface area contributed by atoms with Gasteiger partial charge in [-0.25, -0.2) is 4.98 Å². The fourth-order valence-electron chi connectivity index (χ4n) is 5.74. The van der Waals surface area contributed by atoms with E-state index < -0.39 is 47.8 Å². The average Bonchev–Trinajstić information content (AvgIpc) is 3.52. The normalized spacial score (nSPS) is 19.3. The molecule has 0 fully saturated rings. The Bertz CT molecular complexity index is 1670. The van der Waals surface area contributed by atoms with Gasteiger partial charge in [-0.05, 0) is 74.3 Å². The molecule has 0 unspecified atom stereocenters. The maximum Gasteiger partial charge on any atom is 0.243 e. The zero-order chi connectivity index (χ0) is 36.9. The average molecular weight is 721 g/mol. The Morgan fingerprint density at radius 3 is 2.47 bits per heavy atom. The predicted octanol–water partition coefficient (Wildman–Crippen LogP) is 2.34. The molecular formula is C36H48N8O6S. The Balaban J connectivity index is 1.59. The molecule has 0 saturated heterocycles. The molecule has 4 atom stereocenters. The van der Waals surface area contributed by atoms with Crippen LogP contribution < -0.4 is 37.5 Å². The van der Waals surface area contributed by atoms with Crippen LogP contribution in [0.5, 0.6) is 5.75 Å². The van der Waals surface area contributed by atoms with E-state index in [1.807, 2.05) is 50.2 Å². The van der Waals surface area contributed by atoms with Gasteiger partial charge >= 0.3 is 0 Å². The number of Topliss-reactive ketones (excluding diaryl/α,β-unsaturated/α-hetero) is 1. The summed E-state index contributed by atoms with van der Waals surface area (Å²) in [5, 5.41) is 11.5. The van der Waals surface area contributed by atoms with Crippen molar-refractivity contribution in [1.82, 2.24) is 26.3 Å². The molecule has 14 nitrogen and oxygen atoms in total. The fraction of sp³-hybridized carbons (Fsp3) is 0.472. The van der Waals surface area contributed by atoms with Crippen molar-refractivity contribution in [3.05, 3.63) is 59.1 Å². The van der Waals surface area contributed by atoms with E-state index in [9.17, 15) is 24.0 Å². The summed E-state index contributed by atoms with van der Waals surface area (Å²) < 4.78 is 6.74. The molecule has 0 spiro atoms. The van der Waals surface area contributed by atoms with Gasteiger partial charge in [0, 0.05) is 19.9 Å². The highest BCUT2D eigenvalue weighted by Gasteiger charge is 2.32. The van der Waals surface area contributed by atoms with Crippen molar-refractivity contribution in [2.24, 2.45) is 22.4 Å². The highest BCUT2D eigenvalue weighted by Crippen LogP contribution is 2.24. The van der Waals surface area contributed by atoms with Crippen molar-refractivity contribution < 1.29 is 28.7 Å². The molecule has 2 aliphatic heterocycles. The van der Waals surface area contributed by atoms with E-state index in [2.05, 4.69) is 31.2 Å². The van der Waals surface area contributed by atoms with Crippen molar-refractivity contribution in [2.75, 3.05) is 13.2 Å². The van der Waals surface area contributed by atoms with Crippen molar-refractivity contribution in [2.45, 2.75) is 89.9 Å². The van der Waals surface area contributed by atoms with Gasteiger partial charge in [0.2, 0.25) is 29.4 Å². The summed E-state index contributed by atoms with van der Waals surface area (Å²) in [6.45, 7) is 5.78. The van der Waals surface area contributed by atoms with Crippen LogP contribution in [0, 0.1) is 5.92 Å². The van der Waals surface area contributed by atoms with E-state index in [1.54, 1.807) is 12.1 Å². The summed E-state index contributed by atoms with van der Waals surface area (Å²) in [7, 11) is 0. The molecule has 0 aliphatic carbocycles. The molecule has 2 aliphatic rings. The number of ketones is 1. The quantitative estimate of drug-likeness (QED) is 0.0740. The first-order chi connectivity index (χ1) is 24.4. The first-order valence-corrected chi connectivity index (χ1v) is 18.1. The highest BCUT2D eigenvalue weighted by atomic mass is 32.1. The number of thiazole rings is 1. The maximum absolute atomic E-state index is 14.0. The van der Waals surface area contributed by atoms with Crippen LogP contribution in [0.2, 0.25) is 0 Å². The third-order valence-electron chi connectivity index (χ3n) is 8.27. The number of nitrogens with one attached hydrogen (secondary N) is 4. The van der Waals surface area contributed by atoms with Gasteiger partial charge in [0.25, 0.3) is 0 Å². The molecule has 1 aromatic heterocycles. The number of carbonyl (C=O) groups is 5. The van der Waals surface area contributed by atoms with Crippen LogP contribution in [-0.2, 0) is 25.6 Å². The van der Waals surface area contributed by atoms with Crippen molar-refractivity contribution >= 4 is 56.9 Å². The molecule has 2 aromatic carbocycles. The van der Waals surface area contributed by atoms with Gasteiger partial charge in [-0.15, -0.1) is 11.3 Å². The van der Waals surface area contributed by atoms with E-state index in [-0.39, 0.29) is 54.9 Å². The summed E-state index contributed by atoms with van der Waals surface area (Å²) in [5.74, 6) is -1.82. The van der Waals surface area contributed by atoms with Gasteiger partial charge in [0.15, 0.2) is 11.0 Å². The lowest BCUT2D eigenvalue weighted by atomic mass is 10.00. The fourth-order valence-corrected chi connectivity index (χ4v) is 6.70. The molecule has 4 amide bonds. The standard InChI is InChI=1S/C36H48N8O6S/c1-21(2)19-28-33(48)42-27(10-6-7-18-50-24-15-13-23(14-16-24)20-29(34(49)43-28)40-22(3)45)32(47)41-26(11-8-17-39-36(37)38)31(46)35-44-25-9-4-5-12-30(25)51-35/h4-5,9,12-16,21,26-29H,6-8,10-11,17-20H2,1-3H3,(H,40,45)(H,41,47)(H,42,48)(H,43,49)(H4,37,38,39)/t26-,27-,28-,29-/m0/s1. The number of nitrogens with zero attached hydrogens (tertiary/aromatic N) is 2. The van der Waals surface area contributed by atoms with Crippen LogP contribution in [0.15, 0.2) is 53.5 Å². The number of guanidine groups is 1. The molecule has 2 bridgehead atoms. The number of rotatable bonds is 11. The number of fused-ring (bicyclic) bond motifs is 15. The number of hydrogen-bond acceptors (Lipinski definition) is 9. The number of ether oxygens (including phenoxy) is 1. The number of hydrogen-bond donors (Lipinski definition) is 6. The number of para-hydroxylation sites is 1. The van der Waals surface area contributed by atoms with Crippen LogP contribution in [0.3, 0.4) is 0 Å². The van der Waals surface area contributed by atoms with Gasteiger partial charge < -0.3 is 37.5 Å². The summed E-state index contributed by atoms with van der Waals surface area (Å²) in [5.41, 5.74) is 12.4. The lowest BCUT2D eigenvalue weighted by Crippen LogP contribution is -2.58. The van der Waals surface area contributed by atoms with Gasteiger partial charge in [-0.2, -0.15) is 0 Å². The Hall–Kier alpha value is -5.05. The molecule has 51 heavy (non-hydrogen) atoms. The van der Waals surface area contributed by atoms with E-state index in [1.165, 1.54) is 18.3 Å². The second-order valence-corrected chi connectivity index (χ2v) is 14.1. The van der Waals surface area contributed by atoms with Crippen molar-refractivity contribution in [3.63, 3.8) is 0 Å². The minimum absolute atomic E-state index is 0.00683. The molecule has 5 rings (SSSR count). The van der Waals surface area contributed by atoms with Crippen LogP contribution in [-0.4, -0.2) is 77.7 Å². The molecule has 8 N–H and O–H groups in total. The van der Waals surface area contributed by atoms with Gasteiger partial charge in [-0.3, -0.25) is 29.0 Å². The van der Waals surface area contributed by atoms with E-state index >= 15 is 0 Å². The SMILES string of the molecule is CC(=O)N[C@H]1Cc2ccc(cc2)OCCCC[C@@H](C(=O)N[C@@H](CCCN=C(N)N)C(=O)c2nc3ccccc3s2)NC(=O)[C@H](CC(C)C)NC1=O. The predicted molar refractivity (Wildman–Crippen MR) is 196 cm³/mol. The Morgan fingerprint density at radius 2 is 1.78 bits per heavy atom. The topological polar surface area (TPSA) is 220 Å². The first-order valence-electron chi connectivity index (χ1n) is 17.2. The summed E-state index contributed by atoms with van der Waals surface area (Å²) in [6.07, 6.45) is 2.44. The second kappa shape index (κ2) is 18.8. The van der Waals surface area contributed by atoms with E-state index in [0.717, 1.165) is 10.3 Å². The molecule has 274 valence electrons. The number of benzene rings is 2. The number of aliphatic imine (C=N–C) groups is 1. The van der Waals surface area contributed by atoms with Crippen LogP contribution in [0.1, 0.15) is 74.7 Å². The van der Waals surface area contributed by atoms with Crippen LogP contribution >= 0.6 is 11.3 Å². The lowest BCUT2D eigenvalue weighted by Gasteiger charge is -2.27. The van der Waals surface area contributed by atoms with E-state index in [0.29, 0.717) is 37.1 Å². The smallest absolute Gasteiger partial charge is 0.243 e. The molecule has 0 saturated carbocycles. The number of aromatic nitrogens is 1. The molecular weight excluding hydrogens is 673 g/mol. The van der Waals surface area contributed by atoms with E-state index in [4.69, 9.17) is 16.2 Å². The van der Waals surface area contributed by atoms with Crippen LogP contribution in [0.4, 0.5) is 0 Å². The zero-order valence-electron chi connectivity index (χ0n) is 29.3. The monoisotopic (exact) mass is 720 g/mol. The summed E-state index contributed by atoms with van der Waals surface area (Å²) in [6, 6.07) is 10.7. The lowest BCUT2D eigenvalue weighted by molar-refractivity contribution is -0.134. The van der Waals surface area contributed by atoms with Gasteiger partial charge in [0.1, 0.15) is 23.9 Å². The molecule has 15 heteroatoms. The molecule has 3 aromatic rings. The first kappa shape index (κ1) is 38.7. The van der Waals surface area contributed by atoms with Crippen molar-refractivity contribution in [3.8, 4) is 5.75 Å². The molecule has 0 radical (unpaired) electrons. The summed E-state index contributed by atoms with van der Waals surface area (Å²) in [4.78, 5) is 75.8. The van der Waals surface area contributed by atoms with Gasteiger partial charge in [-0.1, -0.05) is 38.1 Å². The Morgan fingerprint density at radius 1 is 1.04 bits per heavy atom. The number of amides is 4. The largest absolute Gasteiger partial charge is 0.494 e. The maximum atomic E-state index is 14.0. The minimum Gasteiger partial charge on any atom is -0.494 e. The number of nitrogens with two attached hydrogens (primary N) is 2. The third-order valence-corrected chi connectivity index (χ3v) is 9.32. The molecule has 3 heterocycles. The third kappa shape index (κ3) is 12.1. The Labute approximate surface area is 301 Å². The summed E-state index contributed by atoms with van der Waals surface area (Å²) >= 11 is 1.24. The van der Waals surface area contributed by atoms with Crippen molar-refractivity contribution in [1.29, 1.82) is 0 Å². The number of carbonyl (C=O) groups excluding carboxylic acids is 5. The van der Waals surface area contributed by atoms with Crippen LogP contribution in [0.25, 0.3) is 10.2 Å². The minimum atomic E-state index is -1.03.